The van der Waals surface area contributed by atoms with Crippen molar-refractivity contribution in [3.05, 3.63) is 89.6 Å². The molecule has 0 spiro atoms. The second-order valence-electron chi connectivity index (χ2n) is 7.63. The second kappa shape index (κ2) is 9.95. The molecule has 4 rings (SSSR count). The smallest absolute Gasteiger partial charge is 0.255 e. The fourth-order valence-corrected chi connectivity index (χ4v) is 3.34. The van der Waals surface area contributed by atoms with Crippen LogP contribution in [0.25, 0.3) is 11.5 Å². The zero-order chi connectivity index (χ0) is 23.2. The normalized spacial score (nSPS) is 10.7. The van der Waals surface area contributed by atoms with E-state index in [-0.39, 0.29) is 18.4 Å². The predicted molar refractivity (Wildman–Crippen MR) is 124 cm³/mol. The number of benzene rings is 2. The number of hydrogen-bond acceptors (Lipinski definition) is 5. The van der Waals surface area contributed by atoms with Crippen molar-refractivity contribution in [3.8, 4) is 11.5 Å². The quantitative estimate of drug-likeness (QED) is 0.427. The largest absolute Gasteiger partial charge is 0.441 e. The molecule has 0 aliphatic rings. The van der Waals surface area contributed by atoms with Gasteiger partial charge in [-0.3, -0.25) is 14.3 Å². The molecule has 8 nitrogen and oxygen atoms in total. The zero-order valence-corrected chi connectivity index (χ0v) is 18.5. The van der Waals surface area contributed by atoms with Gasteiger partial charge in [-0.15, -0.1) is 0 Å². The highest BCUT2D eigenvalue weighted by molar-refractivity contribution is 6.05. The molecule has 2 amide bonds. The summed E-state index contributed by atoms with van der Waals surface area (Å²) >= 11 is 0. The minimum atomic E-state index is -0.216. The van der Waals surface area contributed by atoms with Crippen molar-refractivity contribution >= 4 is 17.5 Å². The van der Waals surface area contributed by atoms with Crippen LogP contribution in [-0.2, 0) is 17.9 Å². The van der Waals surface area contributed by atoms with E-state index >= 15 is 0 Å². The van der Waals surface area contributed by atoms with Crippen molar-refractivity contribution in [3.63, 3.8) is 0 Å². The Morgan fingerprint density at radius 3 is 2.52 bits per heavy atom. The summed E-state index contributed by atoms with van der Waals surface area (Å²) in [5.41, 5.74) is 3.37. The molecule has 168 valence electrons. The van der Waals surface area contributed by atoms with Crippen LogP contribution >= 0.6 is 0 Å². The summed E-state index contributed by atoms with van der Waals surface area (Å²) in [5.74, 6) is 0.679. The van der Waals surface area contributed by atoms with Gasteiger partial charge in [0.2, 0.25) is 11.8 Å². The van der Waals surface area contributed by atoms with E-state index < -0.39 is 0 Å². The lowest BCUT2D eigenvalue weighted by Crippen LogP contribution is -2.24. The third kappa shape index (κ3) is 5.54. The number of aromatic nitrogens is 3. The maximum absolute atomic E-state index is 12.6. The first-order chi connectivity index (χ1) is 16.0. The van der Waals surface area contributed by atoms with E-state index in [0.29, 0.717) is 47.1 Å². The van der Waals surface area contributed by atoms with Gasteiger partial charge in [0.15, 0.2) is 0 Å². The first-order valence-electron chi connectivity index (χ1n) is 10.7. The van der Waals surface area contributed by atoms with Crippen LogP contribution < -0.4 is 10.6 Å². The number of amides is 2. The summed E-state index contributed by atoms with van der Waals surface area (Å²) in [6.07, 6.45) is 2.17. The van der Waals surface area contributed by atoms with Crippen LogP contribution in [0.3, 0.4) is 0 Å². The lowest BCUT2D eigenvalue weighted by Gasteiger charge is -2.08. The molecule has 0 fully saturated rings. The van der Waals surface area contributed by atoms with Crippen LogP contribution in [0.1, 0.15) is 33.9 Å². The van der Waals surface area contributed by atoms with Crippen molar-refractivity contribution in [1.29, 1.82) is 0 Å². The molecule has 0 unspecified atom stereocenters. The molecule has 33 heavy (non-hydrogen) atoms. The summed E-state index contributed by atoms with van der Waals surface area (Å²) in [7, 11) is 0. The molecule has 0 aliphatic heterocycles. The summed E-state index contributed by atoms with van der Waals surface area (Å²) in [4.78, 5) is 29.4. The van der Waals surface area contributed by atoms with Crippen molar-refractivity contribution in [2.75, 3.05) is 5.32 Å². The molecule has 8 heteroatoms. The fourth-order valence-electron chi connectivity index (χ4n) is 3.34. The highest BCUT2D eigenvalue weighted by Gasteiger charge is 2.17. The molecule has 4 aromatic rings. The lowest BCUT2D eigenvalue weighted by atomic mass is 10.1. The first kappa shape index (κ1) is 22.0. The number of oxazole rings is 1. The summed E-state index contributed by atoms with van der Waals surface area (Å²) in [5, 5.41) is 10.1. The summed E-state index contributed by atoms with van der Waals surface area (Å²) in [6.45, 7) is 4.48. The Hall–Kier alpha value is -4.20. The molecule has 0 saturated carbocycles. The second-order valence-corrected chi connectivity index (χ2v) is 7.63. The van der Waals surface area contributed by atoms with Crippen LogP contribution in [0.5, 0.6) is 0 Å². The number of hydrogen-bond donors (Lipinski definition) is 2. The van der Waals surface area contributed by atoms with Crippen LogP contribution in [0.4, 0.5) is 5.69 Å². The van der Waals surface area contributed by atoms with Crippen LogP contribution in [-0.4, -0.2) is 26.6 Å². The average Bonchev–Trinajstić information content (AvgIpc) is 3.42. The molecule has 2 N–H and O–H groups in total. The molecule has 2 heterocycles. The van der Waals surface area contributed by atoms with Gasteiger partial charge in [0.1, 0.15) is 11.5 Å². The van der Waals surface area contributed by atoms with Crippen molar-refractivity contribution in [2.45, 2.75) is 33.4 Å². The predicted octanol–water partition coefficient (Wildman–Crippen LogP) is 4.11. The Kier molecular flexibility index (Phi) is 6.64. The van der Waals surface area contributed by atoms with Gasteiger partial charge >= 0.3 is 0 Å². The first-order valence-corrected chi connectivity index (χ1v) is 10.7. The number of para-hydroxylation sites is 1. The minimum absolute atomic E-state index is 0.0948. The SMILES string of the molecule is Cc1ccn(CCC(=O)NCc2nc(-c3ccccc3NC(=O)c3ccccc3)oc2C)n1. The Morgan fingerprint density at radius 2 is 1.76 bits per heavy atom. The third-order valence-corrected chi connectivity index (χ3v) is 5.13. The standard InChI is InChI=1S/C25H25N5O3/c1-17-12-14-30(29-17)15-13-23(31)26-16-22-18(2)33-25(28-22)20-10-6-7-11-21(20)27-24(32)19-8-4-3-5-9-19/h3-12,14H,13,15-16H2,1-2H3,(H,26,31)(H,27,32). The average molecular weight is 444 g/mol. The van der Waals surface area contributed by atoms with Crippen LogP contribution in [0.15, 0.2) is 71.3 Å². The van der Waals surface area contributed by atoms with Gasteiger partial charge in [0, 0.05) is 24.7 Å². The van der Waals surface area contributed by atoms with Gasteiger partial charge in [-0.25, -0.2) is 4.98 Å². The van der Waals surface area contributed by atoms with Gasteiger partial charge < -0.3 is 15.1 Å². The fraction of sp³-hybridized carbons (Fsp3) is 0.200. The van der Waals surface area contributed by atoms with E-state index in [9.17, 15) is 9.59 Å². The van der Waals surface area contributed by atoms with Gasteiger partial charge in [-0.1, -0.05) is 30.3 Å². The number of carbonyl (C=O) groups excluding carboxylic acids is 2. The highest BCUT2D eigenvalue weighted by atomic mass is 16.4. The molecule has 0 aliphatic carbocycles. The Morgan fingerprint density at radius 1 is 1.00 bits per heavy atom. The van der Waals surface area contributed by atoms with Gasteiger partial charge in [-0.05, 0) is 44.2 Å². The molecule has 2 aromatic carbocycles. The molecular weight excluding hydrogens is 418 g/mol. The van der Waals surface area contributed by atoms with E-state index in [1.165, 1.54) is 0 Å². The van der Waals surface area contributed by atoms with Crippen molar-refractivity contribution < 1.29 is 14.0 Å². The van der Waals surface area contributed by atoms with E-state index in [0.717, 1.165) is 5.69 Å². The van der Waals surface area contributed by atoms with Crippen molar-refractivity contribution in [1.82, 2.24) is 20.1 Å². The molecular formula is C25H25N5O3. The van der Waals surface area contributed by atoms with E-state index in [1.807, 2.05) is 55.6 Å². The molecule has 0 saturated heterocycles. The maximum atomic E-state index is 12.6. The zero-order valence-electron chi connectivity index (χ0n) is 18.5. The van der Waals surface area contributed by atoms with Gasteiger partial charge in [0.05, 0.1) is 23.5 Å². The number of nitrogens with zero attached hydrogens (tertiary/aromatic N) is 3. The number of anilines is 1. The molecule has 0 atom stereocenters. The topological polar surface area (TPSA) is 102 Å². The number of nitrogens with one attached hydrogen (secondary N) is 2. The molecule has 0 radical (unpaired) electrons. The van der Waals surface area contributed by atoms with E-state index in [1.54, 1.807) is 29.8 Å². The Bertz CT molecular complexity index is 1260. The van der Waals surface area contributed by atoms with Gasteiger partial charge in [-0.2, -0.15) is 5.10 Å². The maximum Gasteiger partial charge on any atom is 0.255 e. The van der Waals surface area contributed by atoms with Crippen molar-refractivity contribution in [2.24, 2.45) is 0 Å². The number of aryl methyl sites for hydroxylation is 3. The van der Waals surface area contributed by atoms with E-state index in [2.05, 4.69) is 20.7 Å². The summed E-state index contributed by atoms with van der Waals surface area (Å²) in [6, 6.07) is 18.2. The van der Waals surface area contributed by atoms with Crippen LogP contribution in [0, 0.1) is 13.8 Å². The van der Waals surface area contributed by atoms with Gasteiger partial charge in [0.25, 0.3) is 5.91 Å². The number of carbonyl (C=O) groups is 2. The Balaban J connectivity index is 1.41. The van der Waals surface area contributed by atoms with Crippen LogP contribution in [0.2, 0.25) is 0 Å². The molecule has 2 aromatic heterocycles. The number of rotatable bonds is 8. The summed E-state index contributed by atoms with van der Waals surface area (Å²) < 4.78 is 7.61. The minimum Gasteiger partial charge on any atom is -0.441 e. The monoisotopic (exact) mass is 443 g/mol. The Labute approximate surface area is 191 Å². The highest BCUT2D eigenvalue weighted by Crippen LogP contribution is 2.29. The third-order valence-electron chi connectivity index (χ3n) is 5.13. The molecule has 0 bridgehead atoms. The van der Waals surface area contributed by atoms with E-state index in [4.69, 9.17) is 4.42 Å². The lowest BCUT2D eigenvalue weighted by molar-refractivity contribution is -0.121.